The summed E-state index contributed by atoms with van der Waals surface area (Å²) in [7, 11) is 0. The first-order chi connectivity index (χ1) is 12.9. The molecule has 1 heterocycles. The third-order valence-electron chi connectivity index (χ3n) is 6.38. The fourth-order valence-electron chi connectivity index (χ4n) is 4.74. The zero-order chi connectivity index (χ0) is 18.9. The molecule has 5 rings (SSSR count). The van der Waals surface area contributed by atoms with E-state index in [-0.39, 0.29) is 45.4 Å². The smallest absolute Gasteiger partial charge is 0.198 e. The van der Waals surface area contributed by atoms with Crippen molar-refractivity contribution in [1.82, 2.24) is 5.32 Å². The van der Waals surface area contributed by atoms with Gasteiger partial charge in [-0.3, -0.25) is 14.9 Å². The molecule has 6 heteroatoms. The highest BCUT2D eigenvalue weighted by atomic mass is 16.5. The first-order valence-corrected chi connectivity index (χ1v) is 9.09. The van der Waals surface area contributed by atoms with Crippen LogP contribution in [0.2, 0.25) is 0 Å². The lowest BCUT2D eigenvalue weighted by atomic mass is 9.71. The van der Waals surface area contributed by atoms with E-state index in [1.807, 2.05) is 6.92 Å². The number of phenolic OH excluding ortho intramolecular Hbond substituents is 2. The van der Waals surface area contributed by atoms with Gasteiger partial charge in [0.15, 0.2) is 11.6 Å². The lowest BCUT2D eigenvalue weighted by Crippen LogP contribution is -2.51. The van der Waals surface area contributed by atoms with Gasteiger partial charge in [-0.1, -0.05) is 24.3 Å². The van der Waals surface area contributed by atoms with Crippen LogP contribution in [0.3, 0.4) is 0 Å². The third kappa shape index (κ3) is 2.02. The summed E-state index contributed by atoms with van der Waals surface area (Å²) in [6.45, 7) is 2.41. The minimum atomic E-state index is -0.431. The van der Waals surface area contributed by atoms with E-state index in [9.17, 15) is 19.8 Å². The van der Waals surface area contributed by atoms with Crippen molar-refractivity contribution in [3.8, 4) is 11.5 Å². The van der Waals surface area contributed by atoms with Crippen LogP contribution < -0.4 is 5.32 Å². The number of aromatic hydroxyl groups is 2. The molecule has 2 aliphatic carbocycles. The van der Waals surface area contributed by atoms with Crippen molar-refractivity contribution in [1.29, 1.82) is 0 Å². The van der Waals surface area contributed by atoms with Crippen LogP contribution in [0.5, 0.6) is 11.5 Å². The molecule has 0 saturated carbocycles. The van der Waals surface area contributed by atoms with E-state index < -0.39 is 11.6 Å². The van der Waals surface area contributed by atoms with Crippen LogP contribution in [0.1, 0.15) is 56.3 Å². The number of fused-ring (bicyclic) bond motifs is 3. The molecule has 1 aliphatic heterocycles. The normalized spacial score (nSPS) is 26.0. The molecule has 2 atom stereocenters. The minimum absolute atomic E-state index is 0.0544. The quantitative estimate of drug-likeness (QED) is 0.528. The molecule has 1 spiro atoms. The van der Waals surface area contributed by atoms with Gasteiger partial charge < -0.3 is 14.9 Å². The molecule has 2 aromatic rings. The predicted octanol–water partition coefficient (Wildman–Crippen LogP) is 2.07. The Kier molecular flexibility index (Phi) is 3.30. The molecule has 3 aliphatic rings. The second-order valence-corrected chi connectivity index (χ2v) is 7.57. The fourth-order valence-corrected chi connectivity index (χ4v) is 4.74. The molecule has 27 heavy (non-hydrogen) atoms. The zero-order valence-corrected chi connectivity index (χ0v) is 14.8. The Morgan fingerprint density at radius 1 is 1.04 bits per heavy atom. The molecule has 0 aromatic heterocycles. The van der Waals surface area contributed by atoms with Crippen molar-refractivity contribution >= 4 is 11.6 Å². The van der Waals surface area contributed by atoms with Crippen molar-refractivity contribution in [2.45, 2.75) is 37.8 Å². The van der Waals surface area contributed by atoms with Gasteiger partial charge in [0.25, 0.3) is 0 Å². The molecule has 0 radical (unpaired) electrons. The summed E-state index contributed by atoms with van der Waals surface area (Å²) in [5.41, 5.74) is 1.10. The molecule has 6 nitrogen and oxygen atoms in total. The molecule has 3 N–H and O–H groups in total. The van der Waals surface area contributed by atoms with Crippen molar-refractivity contribution in [3.05, 3.63) is 57.6 Å². The van der Waals surface area contributed by atoms with Gasteiger partial charge >= 0.3 is 0 Å². The Morgan fingerprint density at radius 2 is 1.63 bits per heavy atom. The van der Waals surface area contributed by atoms with Gasteiger partial charge in [-0.25, -0.2) is 0 Å². The lowest BCUT2D eigenvalue weighted by molar-refractivity contribution is 0.0887. The van der Waals surface area contributed by atoms with E-state index in [0.29, 0.717) is 37.1 Å². The van der Waals surface area contributed by atoms with Crippen LogP contribution in [0.4, 0.5) is 0 Å². The van der Waals surface area contributed by atoms with Crippen LogP contribution in [0, 0.1) is 0 Å². The highest BCUT2D eigenvalue weighted by molar-refractivity contribution is 6.30. The third-order valence-corrected chi connectivity index (χ3v) is 6.38. The molecule has 2 aromatic carbocycles. The zero-order valence-electron chi connectivity index (χ0n) is 14.8. The Morgan fingerprint density at radius 3 is 2.19 bits per heavy atom. The second-order valence-electron chi connectivity index (χ2n) is 7.57. The number of carbonyl (C=O) groups excluding carboxylic acids is 2. The van der Waals surface area contributed by atoms with Gasteiger partial charge in [-0.05, 0) is 26.2 Å². The summed E-state index contributed by atoms with van der Waals surface area (Å²) < 4.78 is 5.65. The summed E-state index contributed by atoms with van der Waals surface area (Å²) in [6.07, 6.45) is 1.58. The molecular weight excluding hydrogens is 346 g/mol. The Bertz CT molecular complexity index is 1030. The summed E-state index contributed by atoms with van der Waals surface area (Å²) in [4.78, 5) is 26.0. The average Bonchev–Trinajstić information content (AvgIpc) is 3.02. The van der Waals surface area contributed by atoms with Crippen molar-refractivity contribution < 1.29 is 24.5 Å². The number of rotatable bonds is 0. The summed E-state index contributed by atoms with van der Waals surface area (Å²) in [5, 5.41) is 25.2. The Labute approximate surface area is 155 Å². The average molecular weight is 365 g/mol. The Balaban J connectivity index is 1.74. The van der Waals surface area contributed by atoms with Gasteiger partial charge in [-0.15, -0.1) is 0 Å². The van der Waals surface area contributed by atoms with Crippen LogP contribution in [0.25, 0.3) is 0 Å². The monoisotopic (exact) mass is 365 g/mol. The van der Waals surface area contributed by atoms with Gasteiger partial charge in [-0.2, -0.15) is 0 Å². The number of benzene rings is 2. The molecule has 138 valence electrons. The van der Waals surface area contributed by atoms with Gasteiger partial charge in [0.2, 0.25) is 0 Å². The SMILES string of the molecule is CC1OCN[C@@]12CCc1c(O)c3c(c(O)c1C2)C(=O)c1ccccc1C3=O. The van der Waals surface area contributed by atoms with Crippen LogP contribution in [-0.4, -0.2) is 40.2 Å². The number of nitrogens with one attached hydrogen (secondary N) is 1. The standard InChI is InChI=1S/C21H19NO5/c1-10-21(22-9-27-10)7-6-13-14(8-21)20(26)16-15(19(13)25)17(23)11-4-2-3-5-12(11)18(16)24/h2-5,10,22,25-26H,6-9H2,1H3/t10?,21-/m1/s1. The summed E-state index contributed by atoms with van der Waals surface area (Å²) >= 11 is 0. The second kappa shape index (κ2) is 5.41. The van der Waals surface area contributed by atoms with E-state index in [4.69, 9.17) is 4.74 Å². The van der Waals surface area contributed by atoms with Gasteiger partial charge in [0.05, 0.1) is 29.5 Å². The number of hydrogen-bond donors (Lipinski definition) is 3. The van der Waals surface area contributed by atoms with Crippen LogP contribution >= 0.6 is 0 Å². The van der Waals surface area contributed by atoms with Gasteiger partial charge in [0.1, 0.15) is 11.5 Å². The fraction of sp³-hybridized carbons (Fsp3) is 0.333. The van der Waals surface area contributed by atoms with E-state index in [2.05, 4.69) is 5.32 Å². The van der Waals surface area contributed by atoms with Gasteiger partial charge in [0, 0.05) is 22.3 Å². The highest BCUT2D eigenvalue weighted by Gasteiger charge is 2.47. The van der Waals surface area contributed by atoms with E-state index in [1.165, 1.54) is 0 Å². The molecule has 1 fully saturated rings. The van der Waals surface area contributed by atoms with E-state index in [0.717, 1.165) is 0 Å². The maximum atomic E-state index is 13.0. The highest BCUT2D eigenvalue weighted by Crippen LogP contribution is 2.48. The van der Waals surface area contributed by atoms with E-state index in [1.54, 1.807) is 24.3 Å². The number of phenols is 2. The first kappa shape index (κ1) is 16.5. The molecular formula is C21H19NO5. The summed E-state index contributed by atoms with van der Waals surface area (Å²) in [6, 6.07) is 6.51. The van der Waals surface area contributed by atoms with Crippen LogP contribution in [0.15, 0.2) is 24.3 Å². The maximum absolute atomic E-state index is 13.0. The van der Waals surface area contributed by atoms with Crippen molar-refractivity contribution in [3.63, 3.8) is 0 Å². The molecule has 1 unspecified atom stereocenters. The Hall–Kier alpha value is -2.70. The largest absolute Gasteiger partial charge is 0.507 e. The number of carbonyl (C=O) groups is 2. The molecule has 0 amide bonds. The maximum Gasteiger partial charge on any atom is 0.198 e. The number of ether oxygens (including phenoxy) is 1. The first-order valence-electron chi connectivity index (χ1n) is 9.09. The minimum Gasteiger partial charge on any atom is -0.507 e. The van der Waals surface area contributed by atoms with Crippen molar-refractivity contribution in [2.75, 3.05) is 6.73 Å². The lowest BCUT2D eigenvalue weighted by Gasteiger charge is -2.38. The molecule has 1 saturated heterocycles. The van der Waals surface area contributed by atoms with Crippen molar-refractivity contribution in [2.24, 2.45) is 0 Å². The number of ketones is 2. The van der Waals surface area contributed by atoms with E-state index >= 15 is 0 Å². The van der Waals surface area contributed by atoms with Crippen LogP contribution in [-0.2, 0) is 17.6 Å². The summed E-state index contributed by atoms with van der Waals surface area (Å²) in [5.74, 6) is -1.22. The topological polar surface area (TPSA) is 95.9 Å². The predicted molar refractivity (Wildman–Crippen MR) is 96.4 cm³/mol. The number of hydrogen-bond acceptors (Lipinski definition) is 6. The molecule has 0 bridgehead atoms.